The maximum atomic E-state index is 11.9. The van der Waals surface area contributed by atoms with Crippen molar-refractivity contribution in [2.24, 2.45) is 5.73 Å². The summed E-state index contributed by atoms with van der Waals surface area (Å²) in [6, 6.07) is 12.9. The summed E-state index contributed by atoms with van der Waals surface area (Å²) in [5.74, 6) is 0.718. The summed E-state index contributed by atoms with van der Waals surface area (Å²) in [6.45, 7) is 1.13. The fourth-order valence-corrected chi connectivity index (χ4v) is 2.28. The Morgan fingerprint density at radius 1 is 1.05 bits per heavy atom. The van der Waals surface area contributed by atoms with Gasteiger partial charge in [-0.3, -0.25) is 0 Å². The molecule has 0 radical (unpaired) electrons. The van der Waals surface area contributed by atoms with Crippen LogP contribution in [0.3, 0.4) is 0 Å². The quantitative estimate of drug-likeness (QED) is 0.449. The van der Waals surface area contributed by atoms with Gasteiger partial charge in [-0.05, 0) is 31.2 Å². The van der Waals surface area contributed by atoms with Gasteiger partial charge in [-0.2, -0.15) is 0 Å². The molecule has 20 heavy (non-hydrogen) atoms. The summed E-state index contributed by atoms with van der Waals surface area (Å²) in [4.78, 5) is 11.9. The Morgan fingerprint density at radius 2 is 1.85 bits per heavy atom. The minimum Gasteiger partial charge on any atom is -0.493 e. The Balaban J connectivity index is 2.26. The molecule has 0 atom stereocenters. The van der Waals surface area contributed by atoms with Gasteiger partial charge in [0.2, 0.25) is 0 Å². The van der Waals surface area contributed by atoms with Gasteiger partial charge in [0.1, 0.15) is 11.3 Å². The molecule has 3 rings (SSSR count). The zero-order valence-electron chi connectivity index (χ0n) is 11.0. The van der Waals surface area contributed by atoms with Crippen LogP contribution in [0.2, 0.25) is 0 Å². The van der Waals surface area contributed by atoms with E-state index in [4.69, 9.17) is 14.9 Å². The molecule has 1 heterocycles. The summed E-state index contributed by atoms with van der Waals surface area (Å²) in [5, 5.41) is 2.25. The van der Waals surface area contributed by atoms with Gasteiger partial charge in [0.05, 0.1) is 17.4 Å². The highest BCUT2D eigenvalue weighted by Crippen LogP contribution is 2.31. The largest absolute Gasteiger partial charge is 0.493 e. The molecule has 0 spiro atoms. The number of hydrogen-bond donors (Lipinski definition) is 1. The minimum atomic E-state index is -0.327. The topological polar surface area (TPSA) is 65.5 Å². The lowest BCUT2D eigenvalue weighted by atomic mass is 10.1. The molecule has 0 aliphatic heterocycles. The Morgan fingerprint density at radius 3 is 2.65 bits per heavy atom. The average molecular weight is 269 g/mol. The van der Waals surface area contributed by atoms with E-state index >= 15 is 0 Å². The van der Waals surface area contributed by atoms with Crippen molar-refractivity contribution in [1.29, 1.82) is 0 Å². The van der Waals surface area contributed by atoms with Crippen molar-refractivity contribution < 1.29 is 9.15 Å². The maximum Gasteiger partial charge on any atom is 0.344 e. The van der Waals surface area contributed by atoms with Gasteiger partial charge in [-0.25, -0.2) is 4.79 Å². The smallest absolute Gasteiger partial charge is 0.344 e. The van der Waals surface area contributed by atoms with E-state index in [2.05, 4.69) is 0 Å². The van der Waals surface area contributed by atoms with Gasteiger partial charge in [0.15, 0.2) is 0 Å². The molecule has 0 aliphatic rings. The van der Waals surface area contributed by atoms with Crippen LogP contribution in [0.5, 0.6) is 5.75 Å². The van der Waals surface area contributed by atoms with E-state index in [0.717, 1.165) is 22.9 Å². The number of rotatable bonds is 4. The van der Waals surface area contributed by atoms with Crippen LogP contribution in [0.25, 0.3) is 21.7 Å². The van der Waals surface area contributed by atoms with Crippen molar-refractivity contribution in [3.05, 3.63) is 52.9 Å². The van der Waals surface area contributed by atoms with Crippen molar-refractivity contribution in [2.45, 2.75) is 6.42 Å². The number of fused-ring (bicyclic) bond motifs is 3. The number of benzene rings is 2. The lowest BCUT2D eigenvalue weighted by Crippen LogP contribution is -2.07. The summed E-state index contributed by atoms with van der Waals surface area (Å²) < 4.78 is 11.1. The molecule has 1 aromatic heterocycles. The molecule has 0 bridgehead atoms. The molecule has 0 saturated heterocycles. The second-order valence-corrected chi connectivity index (χ2v) is 4.56. The van der Waals surface area contributed by atoms with Crippen LogP contribution in [-0.2, 0) is 0 Å². The third-order valence-corrected chi connectivity index (χ3v) is 3.21. The molecular formula is C16H15NO3. The molecule has 4 heteroatoms. The first-order valence-corrected chi connectivity index (χ1v) is 6.58. The molecule has 0 unspecified atom stereocenters. The van der Waals surface area contributed by atoms with E-state index < -0.39 is 0 Å². The Labute approximate surface area is 115 Å². The van der Waals surface area contributed by atoms with E-state index in [0.29, 0.717) is 24.1 Å². The third kappa shape index (κ3) is 2.14. The van der Waals surface area contributed by atoms with Crippen molar-refractivity contribution in [1.82, 2.24) is 0 Å². The second-order valence-electron chi connectivity index (χ2n) is 4.56. The predicted molar refractivity (Wildman–Crippen MR) is 79.2 cm³/mol. The molecule has 2 N–H and O–H groups in total. The van der Waals surface area contributed by atoms with Gasteiger partial charge in [-0.15, -0.1) is 0 Å². The second kappa shape index (κ2) is 5.35. The van der Waals surface area contributed by atoms with Gasteiger partial charge in [0, 0.05) is 5.39 Å². The van der Waals surface area contributed by atoms with E-state index in [1.54, 1.807) is 12.1 Å². The fraction of sp³-hybridized carbons (Fsp3) is 0.188. The fourth-order valence-electron chi connectivity index (χ4n) is 2.28. The number of hydrogen-bond acceptors (Lipinski definition) is 4. The molecule has 3 aromatic rings. The van der Waals surface area contributed by atoms with Gasteiger partial charge >= 0.3 is 5.63 Å². The highest BCUT2D eigenvalue weighted by Gasteiger charge is 2.11. The first kappa shape index (κ1) is 12.7. The van der Waals surface area contributed by atoms with Crippen LogP contribution in [0.15, 0.2) is 51.7 Å². The zero-order chi connectivity index (χ0) is 13.9. The molecular weight excluding hydrogens is 254 g/mol. The highest BCUT2D eigenvalue weighted by atomic mass is 16.5. The highest BCUT2D eigenvalue weighted by molar-refractivity contribution is 6.07. The van der Waals surface area contributed by atoms with E-state index in [-0.39, 0.29) is 5.63 Å². The maximum absolute atomic E-state index is 11.9. The third-order valence-electron chi connectivity index (χ3n) is 3.21. The molecule has 0 fully saturated rings. The van der Waals surface area contributed by atoms with Crippen LogP contribution >= 0.6 is 0 Å². The summed E-state index contributed by atoms with van der Waals surface area (Å²) in [6.07, 6.45) is 0.783. The summed E-state index contributed by atoms with van der Waals surface area (Å²) in [5.41, 5.74) is 5.69. The van der Waals surface area contributed by atoms with Gasteiger partial charge in [0.25, 0.3) is 0 Å². The lowest BCUT2D eigenvalue weighted by molar-refractivity contribution is 0.317. The first-order valence-electron chi connectivity index (χ1n) is 6.58. The molecule has 4 nitrogen and oxygen atoms in total. The molecule has 2 aromatic carbocycles. The van der Waals surface area contributed by atoms with E-state index in [9.17, 15) is 4.79 Å². The van der Waals surface area contributed by atoms with Crippen LogP contribution in [0.4, 0.5) is 0 Å². The monoisotopic (exact) mass is 269 g/mol. The first-order chi connectivity index (χ1) is 9.81. The predicted octanol–water partition coefficient (Wildman–Crippen LogP) is 2.67. The zero-order valence-corrected chi connectivity index (χ0v) is 11.0. The van der Waals surface area contributed by atoms with Crippen molar-refractivity contribution in [2.75, 3.05) is 13.2 Å². The number of ether oxygens (including phenoxy) is 1. The van der Waals surface area contributed by atoms with E-state index in [1.165, 1.54) is 0 Å². The molecule has 102 valence electrons. The summed E-state index contributed by atoms with van der Waals surface area (Å²) >= 11 is 0. The summed E-state index contributed by atoms with van der Waals surface area (Å²) in [7, 11) is 0. The molecule has 0 saturated carbocycles. The normalized spacial score (nSPS) is 11.1. The van der Waals surface area contributed by atoms with Crippen LogP contribution < -0.4 is 16.1 Å². The minimum absolute atomic E-state index is 0.327. The standard InChI is InChI=1S/C16H15NO3/c17-9-4-10-19-13-7-3-8-14-15(13)11-5-1-2-6-12(11)16(18)20-14/h1-3,5-8H,4,9-10,17H2. The average Bonchev–Trinajstić information content (AvgIpc) is 2.48. The Kier molecular flexibility index (Phi) is 3.39. The van der Waals surface area contributed by atoms with Crippen LogP contribution in [0, 0.1) is 0 Å². The van der Waals surface area contributed by atoms with Gasteiger partial charge in [-0.1, -0.05) is 24.3 Å². The van der Waals surface area contributed by atoms with Gasteiger partial charge < -0.3 is 14.9 Å². The van der Waals surface area contributed by atoms with Crippen LogP contribution in [-0.4, -0.2) is 13.2 Å². The van der Waals surface area contributed by atoms with Crippen molar-refractivity contribution >= 4 is 21.7 Å². The van der Waals surface area contributed by atoms with Crippen LogP contribution in [0.1, 0.15) is 6.42 Å². The SMILES string of the molecule is NCCCOc1cccc2oc(=O)c3ccccc3c12. The van der Waals surface area contributed by atoms with Crippen molar-refractivity contribution in [3.8, 4) is 5.75 Å². The Hall–Kier alpha value is -2.33. The Bertz CT molecular complexity index is 808. The lowest BCUT2D eigenvalue weighted by Gasteiger charge is -2.10. The molecule has 0 aliphatic carbocycles. The molecule has 0 amide bonds. The van der Waals surface area contributed by atoms with Crippen molar-refractivity contribution in [3.63, 3.8) is 0 Å². The number of nitrogens with two attached hydrogens (primary N) is 1. The van der Waals surface area contributed by atoms with E-state index in [1.807, 2.05) is 30.3 Å².